The maximum atomic E-state index is 14.3. The molecule has 226 valence electrons. The molecule has 4 aromatic rings. The van der Waals surface area contributed by atoms with Crippen molar-refractivity contribution in [2.75, 3.05) is 12.3 Å². The van der Waals surface area contributed by atoms with Gasteiger partial charge in [-0.3, -0.25) is 4.57 Å². The predicted octanol–water partition coefficient (Wildman–Crippen LogP) is 3.34. The quantitative estimate of drug-likeness (QED) is 0.181. The number of ether oxygens (including phenoxy) is 1. The number of anilines is 1. The maximum Gasteiger partial charge on any atom is 0.167 e. The molecule has 6 rings (SSSR count). The lowest BCUT2D eigenvalue weighted by Gasteiger charge is -2.58. The first-order chi connectivity index (χ1) is 19.8. The molecule has 0 radical (unpaired) electrons. The Morgan fingerprint density at radius 3 is 2.64 bits per heavy atom. The number of benzene rings is 1. The molecule has 42 heavy (non-hydrogen) atoms. The smallest absolute Gasteiger partial charge is 0.167 e. The molecule has 2 aliphatic rings. The van der Waals surface area contributed by atoms with E-state index in [-0.39, 0.29) is 29.9 Å². The minimum Gasteiger partial charge on any atom is -0.632 e. The lowest BCUT2D eigenvalue weighted by molar-refractivity contribution is -0.935. The molecule has 1 saturated heterocycles. The number of nitrogens with zero attached hydrogens (tertiary/aromatic N) is 6. The molecule has 0 unspecified atom stereocenters. The highest BCUT2D eigenvalue weighted by Crippen LogP contribution is 2.42. The first-order valence-electron chi connectivity index (χ1n) is 14.9. The van der Waals surface area contributed by atoms with Gasteiger partial charge < -0.3 is 35.5 Å². The number of quaternary nitrogens is 1. The van der Waals surface area contributed by atoms with Gasteiger partial charge >= 0.3 is 0 Å². The predicted molar refractivity (Wildman–Crippen MR) is 159 cm³/mol. The average molecular weight is 579 g/mol. The standard InChI is InChI=1S/C30H42N8O4/c1-16(2)38(41,13-22-25(39)26(40)29(42-22)37-15-34-24-27(31)32-14-33-28(24)37)19-10-17(11-19)6-9-23-35-20-8-7-18(30(3,4)5)12-21(20)36-23/h7-8,12,14-17,19,22,25-26,29,39-40H,6,9-11,13H2,1-5H3,(H,35,36)(H2,31,32,33)/t17?,19?,22-,25-,26-,29-,38-/m1/s1. The number of aliphatic hydroxyl groups is 2. The highest BCUT2D eigenvalue weighted by atomic mass is 16.6. The van der Waals surface area contributed by atoms with Crippen LogP contribution < -0.4 is 5.73 Å². The van der Waals surface area contributed by atoms with E-state index >= 15 is 0 Å². The number of rotatable bonds is 8. The second-order valence-corrected chi connectivity index (χ2v) is 13.5. The number of nitrogens with two attached hydrogens (primary N) is 1. The Labute approximate surface area is 245 Å². The van der Waals surface area contributed by atoms with Crippen LogP contribution in [0.25, 0.3) is 22.2 Å². The summed E-state index contributed by atoms with van der Waals surface area (Å²) in [7, 11) is 0. The van der Waals surface area contributed by atoms with Gasteiger partial charge in [-0.25, -0.2) is 19.9 Å². The van der Waals surface area contributed by atoms with E-state index in [4.69, 9.17) is 15.5 Å². The SMILES string of the molecule is CC(C)[N@+]([O-])(C[C@H]1O[C@@H](n2cnc3c(N)ncnc32)[C@H](O)[C@@H]1O)C1CC(CCc2nc3ccc(C(C)(C)C)cc3[nH]2)C1. The Balaban J connectivity index is 1.09. The first kappa shape index (κ1) is 28.9. The van der Waals surface area contributed by atoms with Crippen molar-refractivity contribution >= 4 is 28.0 Å². The first-order valence-corrected chi connectivity index (χ1v) is 14.9. The second kappa shape index (κ2) is 10.5. The van der Waals surface area contributed by atoms with Crippen LogP contribution in [0.5, 0.6) is 0 Å². The van der Waals surface area contributed by atoms with Crippen molar-refractivity contribution in [2.45, 2.75) is 102 Å². The summed E-state index contributed by atoms with van der Waals surface area (Å²) in [4.78, 5) is 20.7. The fourth-order valence-corrected chi connectivity index (χ4v) is 6.51. The van der Waals surface area contributed by atoms with Gasteiger partial charge in [-0.1, -0.05) is 26.8 Å². The van der Waals surface area contributed by atoms with E-state index in [1.165, 1.54) is 22.8 Å². The summed E-state index contributed by atoms with van der Waals surface area (Å²) in [5.41, 5.74) is 10.1. The number of hydrogen-bond donors (Lipinski definition) is 4. The lowest BCUT2D eigenvalue weighted by atomic mass is 9.75. The van der Waals surface area contributed by atoms with E-state index in [9.17, 15) is 15.4 Å². The van der Waals surface area contributed by atoms with E-state index < -0.39 is 29.2 Å². The molecular formula is C30H42N8O4. The van der Waals surface area contributed by atoms with Crippen LogP contribution in [0.2, 0.25) is 0 Å². The highest BCUT2D eigenvalue weighted by molar-refractivity contribution is 5.81. The molecule has 5 N–H and O–H groups in total. The van der Waals surface area contributed by atoms with Crippen LogP contribution >= 0.6 is 0 Å². The summed E-state index contributed by atoms with van der Waals surface area (Å²) in [5.74, 6) is 1.63. The number of hydrogen-bond acceptors (Lipinski definition) is 9. The van der Waals surface area contributed by atoms with E-state index in [0.29, 0.717) is 17.1 Å². The van der Waals surface area contributed by atoms with Gasteiger partial charge in [-0.2, -0.15) is 0 Å². The van der Waals surface area contributed by atoms with Gasteiger partial charge in [0.15, 0.2) is 17.7 Å². The number of imidazole rings is 2. The zero-order valence-corrected chi connectivity index (χ0v) is 24.9. The highest BCUT2D eigenvalue weighted by Gasteiger charge is 2.50. The van der Waals surface area contributed by atoms with Gasteiger partial charge in [0.2, 0.25) is 0 Å². The number of aromatic nitrogens is 6. The van der Waals surface area contributed by atoms with Gasteiger partial charge in [-0.15, -0.1) is 0 Å². The molecule has 1 saturated carbocycles. The van der Waals surface area contributed by atoms with Gasteiger partial charge in [0.1, 0.15) is 42.5 Å². The molecule has 1 aromatic carbocycles. The topological polar surface area (TPSA) is 171 Å². The average Bonchev–Trinajstić information content (AvgIpc) is 3.59. The maximum absolute atomic E-state index is 14.3. The van der Waals surface area contributed by atoms with Gasteiger partial charge in [0, 0.05) is 19.3 Å². The number of nitrogens with one attached hydrogen (secondary N) is 1. The number of aryl methyl sites for hydroxylation is 1. The van der Waals surface area contributed by atoms with Crippen LogP contribution in [0.4, 0.5) is 5.82 Å². The second-order valence-electron chi connectivity index (χ2n) is 13.5. The molecule has 0 spiro atoms. The fourth-order valence-electron chi connectivity index (χ4n) is 6.51. The minimum absolute atomic E-state index is 0.0488. The monoisotopic (exact) mass is 578 g/mol. The molecule has 2 fully saturated rings. The van der Waals surface area contributed by atoms with Gasteiger partial charge in [0.25, 0.3) is 0 Å². The summed E-state index contributed by atoms with van der Waals surface area (Å²) in [6.45, 7) is 10.5. The Bertz CT molecular complexity index is 1570. The normalized spacial score (nSPS) is 28.0. The van der Waals surface area contributed by atoms with Crippen molar-refractivity contribution in [2.24, 2.45) is 5.92 Å². The largest absolute Gasteiger partial charge is 0.632 e. The van der Waals surface area contributed by atoms with Crippen molar-refractivity contribution in [1.82, 2.24) is 29.5 Å². The van der Waals surface area contributed by atoms with Crippen LogP contribution in [0.15, 0.2) is 30.9 Å². The minimum atomic E-state index is -1.25. The lowest BCUT2D eigenvalue weighted by Crippen LogP contribution is -2.63. The van der Waals surface area contributed by atoms with E-state index in [2.05, 4.69) is 58.9 Å². The summed E-state index contributed by atoms with van der Waals surface area (Å²) >= 11 is 0. The molecule has 1 aliphatic carbocycles. The molecule has 3 aromatic heterocycles. The molecule has 12 heteroatoms. The summed E-state index contributed by atoms with van der Waals surface area (Å²) in [6, 6.07) is 6.11. The molecule has 5 atom stereocenters. The summed E-state index contributed by atoms with van der Waals surface area (Å²) < 4.78 is 7.19. The van der Waals surface area contributed by atoms with Crippen molar-refractivity contribution in [3.63, 3.8) is 0 Å². The third-order valence-corrected chi connectivity index (χ3v) is 9.35. The number of fused-ring (bicyclic) bond motifs is 2. The Kier molecular flexibility index (Phi) is 7.25. The zero-order valence-electron chi connectivity index (χ0n) is 24.9. The number of hydroxylamine groups is 3. The molecular weight excluding hydrogens is 536 g/mol. The van der Waals surface area contributed by atoms with E-state index in [1.807, 2.05) is 13.8 Å². The van der Waals surface area contributed by atoms with Crippen molar-refractivity contribution in [1.29, 1.82) is 0 Å². The Hall–Kier alpha value is -3.16. The summed E-state index contributed by atoms with van der Waals surface area (Å²) in [6.07, 6.45) is 1.94. The molecule has 12 nitrogen and oxygen atoms in total. The number of aliphatic hydroxyl groups excluding tert-OH is 2. The fraction of sp³-hybridized carbons (Fsp3) is 0.600. The van der Waals surface area contributed by atoms with Crippen molar-refractivity contribution < 1.29 is 19.6 Å². The Morgan fingerprint density at radius 2 is 1.93 bits per heavy atom. The molecule has 4 heterocycles. The summed E-state index contributed by atoms with van der Waals surface area (Å²) in [5, 5.41) is 36.1. The van der Waals surface area contributed by atoms with Gasteiger partial charge in [-0.05, 0) is 49.3 Å². The molecule has 0 bridgehead atoms. The number of aromatic amines is 1. The van der Waals surface area contributed by atoms with Crippen molar-refractivity contribution in [3.8, 4) is 0 Å². The third kappa shape index (κ3) is 5.05. The van der Waals surface area contributed by atoms with Gasteiger partial charge in [0.05, 0.1) is 29.4 Å². The van der Waals surface area contributed by atoms with Crippen molar-refractivity contribution in [3.05, 3.63) is 47.4 Å². The molecule has 0 amide bonds. The number of H-pyrrole nitrogens is 1. The molecule has 1 aliphatic heterocycles. The van der Waals surface area contributed by atoms with Crippen LogP contribution in [0.1, 0.15) is 71.5 Å². The van der Waals surface area contributed by atoms with Crippen LogP contribution in [0.3, 0.4) is 0 Å². The van der Waals surface area contributed by atoms with E-state index in [1.54, 1.807) is 0 Å². The Morgan fingerprint density at radius 1 is 1.17 bits per heavy atom. The number of nitrogen functional groups attached to an aromatic ring is 1. The van der Waals surface area contributed by atoms with Crippen LogP contribution in [-0.2, 0) is 16.6 Å². The third-order valence-electron chi connectivity index (χ3n) is 9.35. The van der Waals surface area contributed by atoms with Crippen LogP contribution in [0, 0.1) is 11.1 Å². The van der Waals surface area contributed by atoms with E-state index in [0.717, 1.165) is 42.5 Å². The van der Waals surface area contributed by atoms with Crippen LogP contribution in [-0.4, -0.2) is 81.3 Å². The zero-order chi connectivity index (χ0) is 30.0.